The molecule has 0 heterocycles. The monoisotopic (exact) mass is 206 g/mol. The molecule has 0 aliphatic heterocycles. The first kappa shape index (κ1) is 12.1. The van der Waals surface area contributed by atoms with E-state index in [9.17, 15) is 0 Å². The van der Waals surface area contributed by atoms with E-state index in [4.69, 9.17) is 5.73 Å². The summed E-state index contributed by atoms with van der Waals surface area (Å²) in [5.74, 6) is 0. The van der Waals surface area contributed by atoms with Gasteiger partial charge in [0.05, 0.1) is 0 Å². The summed E-state index contributed by atoms with van der Waals surface area (Å²) in [5, 5.41) is 3.33. The van der Waals surface area contributed by atoms with Gasteiger partial charge in [-0.1, -0.05) is 25.5 Å². The van der Waals surface area contributed by atoms with E-state index in [2.05, 4.69) is 36.5 Å². The van der Waals surface area contributed by atoms with Crippen LogP contribution in [0.4, 0.5) is 5.69 Å². The van der Waals surface area contributed by atoms with Crippen LogP contribution < -0.4 is 11.1 Å². The number of anilines is 1. The predicted molar refractivity (Wildman–Crippen MR) is 67.2 cm³/mol. The van der Waals surface area contributed by atoms with Crippen LogP contribution in [-0.2, 0) is 6.42 Å². The summed E-state index contributed by atoms with van der Waals surface area (Å²) in [7, 11) is 0. The number of aryl methyl sites for hydroxylation is 1. The molecule has 3 N–H and O–H groups in total. The van der Waals surface area contributed by atoms with Crippen molar-refractivity contribution < 1.29 is 0 Å². The van der Waals surface area contributed by atoms with Gasteiger partial charge >= 0.3 is 0 Å². The largest absolute Gasteiger partial charge is 0.383 e. The molecule has 2 heteroatoms. The smallest absolute Gasteiger partial charge is 0.0340 e. The van der Waals surface area contributed by atoms with Gasteiger partial charge in [-0.15, -0.1) is 0 Å². The molecule has 0 radical (unpaired) electrons. The van der Waals surface area contributed by atoms with Crippen molar-refractivity contribution in [1.29, 1.82) is 0 Å². The zero-order valence-electron chi connectivity index (χ0n) is 10.0. The van der Waals surface area contributed by atoms with Crippen LogP contribution >= 0.6 is 0 Å². The van der Waals surface area contributed by atoms with E-state index in [0.717, 1.165) is 18.7 Å². The number of hydrogen-bond acceptors (Lipinski definition) is 2. The lowest BCUT2D eigenvalue weighted by Gasteiger charge is -2.19. The first-order chi connectivity index (χ1) is 7.01. The maximum atomic E-state index is 5.90. The van der Waals surface area contributed by atoms with Crippen LogP contribution in [-0.4, -0.2) is 12.1 Å². The summed E-state index contributed by atoms with van der Waals surface area (Å²) in [6.07, 6.45) is 2.35. The van der Waals surface area contributed by atoms with Crippen LogP contribution in [0.25, 0.3) is 0 Å². The van der Waals surface area contributed by atoms with E-state index < -0.39 is 0 Å². The lowest BCUT2D eigenvalue weighted by Crippen LogP contribution is -2.39. The minimum atomic E-state index is -0.165. The van der Waals surface area contributed by atoms with Gasteiger partial charge < -0.3 is 11.1 Å². The molecule has 15 heavy (non-hydrogen) atoms. The van der Waals surface area contributed by atoms with E-state index in [0.29, 0.717) is 0 Å². The van der Waals surface area contributed by atoms with Gasteiger partial charge in [-0.3, -0.25) is 0 Å². The standard InChI is InChI=1S/C13H22N2/c1-4-5-11-6-8-12(9-7-11)15-10-13(2,3)14/h6-9,15H,4-5,10,14H2,1-3H3. The van der Waals surface area contributed by atoms with Crippen molar-refractivity contribution in [3.8, 4) is 0 Å². The summed E-state index contributed by atoms with van der Waals surface area (Å²) in [6, 6.07) is 8.60. The minimum Gasteiger partial charge on any atom is -0.383 e. The summed E-state index contributed by atoms with van der Waals surface area (Å²) in [5.41, 5.74) is 8.28. The molecule has 0 saturated heterocycles. The van der Waals surface area contributed by atoms with Crippen molar-refractivity contribution in [2.75, 3.05) is 11.9 Å². The van der Waals surface area contributed by atoms with Crippen molar-refractivity contribution in [1.82, 2.24) is 0 Å². The van der Waals surface area contributed by atoms with Gasteiger partial charge in [-0.2, -0.15) is 0 Å². The molecular weight excluding hydrogens is 184 g/mol. The summed E-state index contributed by atoms with van der Waals surface area (Å²) in [6.45, 7) is 7.03. The highest BCUT2D eigenvalue weighted by Crippen LogP contribution is 2.11. The number of benzene rings is 1. The van der Waals surface area contributed by atoms with E-state index in [1.807, 2.05) is 13.8 Å². The van der Waals surface area contributed by atoms with Crippen LogP contribution in [0, 0.1) is 0 Å². The van der Waals surface area contributed by atoms with Crippen LogP contribution in [0.3, 0.4) is 0 Å². The van der Waals surface area contributed by atoms with Crippen LogP contribution in [0.5, 0.6) is 0 Å². The Hall–Kier alpha value is -1.02. The zero-order chi connectivity index (χ0) is 11.3. The van der Waals surface area contributed by atoms with Crippen molar-refractivity contribution in [2.24, 2.45) is 5.73 Å². The minimum absolute atomic E-state index is 0.165. The Balaban J connectivity index is 2.50. The maximum Gasteiger partial charge on any atom is 0.0340 e. The van der Waals surface area contributed by atoms with Crippen molar-refractivity contribution in [3.63, 3.8) is 0 Å². The zero-order valence-corrected chi connectivity index (χ0v) is 10.0. The summed E-state index contributed by atoms with van der Waals surface area (Å²) < 4.78 is 0. The van der Waals surface area contributed by atoms with E-state index in [1.54, 1.807) is 0 Å². The normalized spacial score (nSPS) is 11.5. The second-order valence-electron chi connectivity index (χ2n) is 4.79. The highest BCUT2D eigenvalue weighted by atomic mass is 14.9. The molecule has 0 fully saturated rings. The van der Waals surface area contributed by atoms with Gasteiger partial charge in [0, 0.05) is 17.8 Å². The topological polar surface area (TPSA) is 38.0 Å². The maximum absolute atomic E-state index is 5.90. The first-order valence-corrected chi connectivity index (χ1v) is 5.63. The Bertz CT molecular complexity index is 282. The highest BCUT2D eigenvalue weighted by molar-refractivity contribution is 5.44. The quantitative estimate of drug-likeness (QED) is 0.777. The Morgan fingerprint density at radius 1 is 1.20 bits per heavy atom. The van der Waals surface area contributed by atoms with Crippen LogP contribution in [0.15, 0.2) is 24.3 Å². The SMILES string of the molecule is CCCc1ccc(NCC(C)(C)N)cc1. The number of hydrogen-bond donors (Lipinski definition) is 2. The lowest BCUT2D eigenvalue weighted by atomic mass is 10.1. The Kier molecular flexibility index (Phi) is 4.15. The van der Waals surface area contributed by atoms with E-state index in [1.165, 1.54) is 12.0 Å². The molecule has 0 atom stereocenters. The molecule has 2 nitrogen and oxygen atoms in total. The van der Waals surface area contributed by atoms with Gasteiger partial charge in [0.1, 0.15) is 0 Å². The van der Waals surface area contributed by atoms with Crippen molar-refractivity contribution in [2.45, 2.75) is 39.2 Å². The third-order valence-corrected chi connectivity index (χ3v) is 2.24. The van der Waals surface area contributed by atoms with Crippen LogP contribution in [0.2, 0.25) is 0 Å². The number of rotatable bonds is 5. The average Bonchev–Trinajstić information content (AvgIpc) is 2.16. The first-order valence-electron chi connectivity index (χ1n) is 5.63. The summed E-state index contributed by atoms with van der Waals surface area (Å²) >= 11 is 0. The van der Waals surface area contributed by atoms with Gasteiger partial charge in [0.15, 0.2) is 0 Å². The molecule has 0 aliphatic rings. The fourth-order valence-electron chi connectivity index (χ4n) is 1.41. The third-order valence-electron chi connectivity index (χ3n) is 2.24. The van der Waals surface area contributed by atoms with Gasteiger partial charge in [-0.05, 0) is 38.0 Å². The Morgan fingerprint density at radius 3 is 2.27 bits per heavy atom. The molecule has 0 aliphatic carbocycles. The van der Waals surface area contributed by atoms with Crippen molar-refractivity contribution in [3.05, 3.63) is 29.8 Å². The number of nitrogens with one attached hydrogen (secondary N) is 1. The van der Waals surface area contributed by atoms with Gasteiger partial charge in [0.2, 0.25) is 0 Å². The molecule has 1 aromatic carbocycles. The molecule has 0 bridgehead atoms. The van der Waals surface area contributed by atoms with Crippen molar-refractivity contribution >= 4 is 5.69 Å². The molecule has 1 aromatic rings. The second kappa shape index (κ2) is 5.17. The highest BCUT2D eigenvalue weighted by Gasteiger charge is 2.09. The fraction of sp³-hybridized carbons (Fsp3) is 0.538. The summed E-state index contributed by atoms with van der Waals surface area (Å²) in [4.78, 5) is 0. The molecule has 0 amide bonds. The molecule has 0 aromatic heterocycles. The molecule has 0 unspecified atom stereocenters. The Morgan fingerprint density at radius 2 is 1.80 bits per heavy atom. The second-order valence-corrected chi connectivity index (χ2v) is 4.79. The average molecular weight is 206 g/mol. The molecule has 1 rings (SSSR count). The van der Waals surface area contributed by atoms with Gasteiger partial charge in [0.25, 0.3) is 0 Å². The van der Waals surface area contributed by atoms with Crippen LogP contribution in [0.1, 0.15) is 32.8 Å². The molecule has 84 valence electrons. The van der Waals surface area contributed by atoms with Gasteiger partial charge in [-0.25, -0.2) is 0 Å². The number of nitrogens with two attached hydrogens (primary N) is 1. The molecular formula is C13H22N2. The Labute approximate surface area is 92.9 Å². The molecule has 0 saturated carbocycles. The van der Waals surface area contributed by atoms with E-state index >= 15 is 0 Å². The third kappa shape index (κ3) is 4.84. The predicted octanol–water partition coefficient (Wildman–Crippen LogP) is 2.79. The molecule has 0 spiro atoms. The van der Waals surface area contributed by atoms with E-state index in [-0.39, 0.29) is 5.54 Å². The fourth-order valence-corrected chi connectivity index (χ4v) is 1.41. The lowest BCUT2D eigenvalue weighted by molar-refractivity contribution is 0.549.